The van der Waals surface area contributed by atoms with E-state index in [4.69, 9.17) is 16.6 Å². The summed E-state index contributed by atoms with van der Waals surface area (Å²) in [5, 5.41) is 4.57. The van der Waals surface area contributed by atoms with Crippen LogP contribution in [0.15, 0.2) is 58.5 Å². The van der Waals surface area contributed by atoms with Gasteiger partial charge in [0.25, 0.3) is 5.56 Å². The van der Waals surface area contributed by atoms with E-state index < -0.39 is 0 Å². The van der Waals surface area contributed by atoms with Crippen LogP contribution in [-0.4, -0.2) is 21.2 Å². The Morgan fingerprint density at radius 2 is 1.97 bits per heavy atom. The Morgan fingerprint density at radius 3 is 2.70 bits per heavy atom. The van der Waals surface area contributed by atoms with Crippen molar-refractivity contribution >= 4 is 56.5 Å². The fourth-order valence-corrected chi connectivity index (χ4v) is 5.98. The molecule has 2 aromatic heterocycles. The molecule has 0 unspecified atom stereocenters. The standard InChI is InChI=1S/C25H24ClN3O2S2/c1-4-7-20-16(3)22-23(33-20)28-25(29(24(22)31)19-11-5-8-15(2)12-19)32-14-21(30)27-18-10-6-9-17(26)13-18/h5-6,8-13H,4,7,14H2,1-3H3,(H,27,30). The summed E-state index contributed by atoms with van der Waals surface area (Å²) in [6.45, 7) is 6.11. The molecule has 1 amide bonds. The van der Waals surface area contributed by atoms with Crippen molar-refractivity contribution in [3.05, 3.63) is 79.9 Å². The molecule has 2 aromatic carbocycles. The predicted octanol–water partition coefficient (Wildman–Crippen LogP) is 6.40. The maximum Gasteiger partial charge on any atom is 0.267 e. The summed E-state index contributed by atoms with van der Waals surface area (Å²) in [6.07, 6.45) is 1.92. The van der Waals surface area contributed by atoms with Gasteiger partial charge < -0.3 is 5.32 Å². The van der Waals surface area contributed by atoms with Crippen molar-refractivity contribution in [2.24, 2.45) is 0 Å². The van der Waals surface area contributed by atoms with Gasteiger partial charge >= 0.3 is 0 Å². The van der Waals surface area contributed by atoms with Gasteiger partial charge in [0.2, 0.25) is 5.91 Å². The number of nitrogens with zero attached hydrogens (tertiary/aromatic N) is 2. The van der Waals surface area contributed by atoms with Gasteiger partial charge in [-0.1, -0.05) is 54.9 Å². The average Bonchev–Trinajstić information content (AvgIpc) is 3.08. The summed E-state index contributed by atoms with van der Waals surface area (Å²) in [7, 11) is 0. The minimum absolute atomic E-state index is 0.0977. The molecule has 0 bridgehead atoms. The number of thiophene rings is 1. The number of carbonyl (C=O) groups is 1. The van der Waals surface area contributed by atoms with Crippen LogP contribution < -0.4 is 10.9 Å². The molecule has 0 aliphatic heterocycles. The number of rotatable bonds is 7. The van der Waals surface area contributed by atoms with Crippen LogP contribution in [0.25, 0.3) is 15.9 Å². The zero-order valence-corrected chi connectivity index (χ0v) is 21.0. The monoisotopic (exact) mass is 497 g/mol. The van der Waals surface area contributed by atoms with E-state index in [1.165, 1.54) is 16.6 Å². The molecule has 4 rings (SSSR count). The van der Waals surface area contributed by atoms with Crippen LogP contribution in [-0.2, 0) is 11.2 Å². The molecule has 0 saturated carbocycles. The second-order valence-corrected chi connectivity index (χ2v) is 10.3. The van der Waals surface area contributed by atoms with Crippen molar-refractivity contribution in [1.29, 1.82) is 0 Å². The average molecular weight is 498 g/mol. The molecule has 0 fully saturated rings. The lowest BCUT2D eigenvalue weighted by Gasteiger charge is -2.13. The number of carbonyl (C=O) groups excluding carboxylic acids is 1. The maximum atomic E-state index is 13.7. The molecule has 8 heteroatoms. The van der Waals surface area contributed by atoms with Crippen molar-refractivity contribution in [3.63, 3.8) is 0 Å². The maximum absolute atomic E-state index is 13.7. The van der Waals surface area contributed by atoms with Crippen LogP contribution in [0.5, 0.6) is 0 Å². The summed E-state index contributed by atoms with van der Waals surface area (Å²) in [6, 6.07) is 14.8. The molecule has 5 nitrogen and oxygen atoms in total. The number of fused-ring (bicyclic) bond motifs is 1. The summed E-state index contributed by atoms with van der Waals surface area (Å²) >= 11 is 8.83. The number of benzene rings is 2. The van der Waals surface area contributed by atoms with Crippen molar-refractivity contribution in [2.45, 2.75) is 38.8 Å². The third-order valence-electron chi connectivity index (χ3n) is 5.21. The Balaban J connectivity index is 1.73. The molecule has 0 aliphatic carbocycles. The lowest BCUT2D eigenvalue weighted by molar-refractivity contribution is -0.113. The SMILES string of the molecule is CCCc1sc2nc(SCC(=O)Nc3cccc(Cl)c3)n(-c3cccc(C)c3)c(=O)c2c1C. The van der Waals surface area contributed by atoms with Gasteiger partial charge in [-0.05, 0) is 61.7 Å². The van der Waals surface area contributed by atoms with Crippen LogP contribution in [0.1, 0.15) is 29.3 Å². The number of amides is 1. The van der Waals surface area contributed by atoms with Gasteiger partial charge in [-0.25, -0.2) is 4.98 Å². The molecular weight excluding hydrogens is 474 g/mol. The van der Waals surface area contributed by atoms with Gasteiger partial charge in [-0.15, -0.1) is 11.3 Å². The lowest BCUT2D eigenvalue weighted by Crippen LogP contribution is -2.23. The second-order valence-electron chi connectivity index (χ2n) is 7.80. The Labute approximate surface area is 205 Å². The first kappa shape index (κ1) is 23.5. The molecule has 0 spiro atoms. The van der Waals surface area contributed by atoms with Gasteiger partial charge in [-0.3, -0.25) is 14.2 Å². The first-order valence-electron chi connectivity index (χ1n) is 10.7. The molecule has 0 saturated heterocycles. The molecule has 2 heterocycles. The zero-order valence-electron chi connectivity index (χ0n) is 18.6. The quantitative estimate of drug-likeness (QED) is 0.237. The Kier molecular flexibility index (Phi) is 7.22. The van der Waals surface area contributed by atoms with Crippen molar-refractivity contribution in [1.82, 2.24) is 9.55 Å². The summed E-state index contributed by atoms with van der Waals surface area (Å²) < 4.78 is 1.63. The van der Waals surface area contributed by atoms with E-state index in [1.807, 2.05) is 38.1 Å². The first-order valence-corrected chi connectivity index (χ1v) is 12.9. The van der Waals surface area contributed by atoms with Crippen LogP contribution in [0.3, 0.4) is 0 Å². The van der Waals surface area contributed by atoms with E-state index >= 15 is 0 Å². The predicted molar refractivity (Wildman–Crippen MR) is 139 cm³/mol. The summed E-state index contributed by atoms with van der Waals surface area (Å²) in [5.74, 6) is -0.0796. The third-order valence-corrected chi connectivity index (χ3v) is 7.63. The van der Waals surface area contributed by atoms with Gasteiger partial charge in [-0.2, -0.15) is 0 Å². The van der Waals surface area contributed by atoms with Crippen LogP contribution in [0.2, 0.25) is 5.02 Å². The highest BCUT2D eigenvalue weighted by Gasteiger charge is 2.20. The van der Waals surface area contributed by atoms with Crippen LogP contribution in [0, 0.1) is 13.8 Å². The molecule has 170 valence electrons. The molecule has 1 N–H and O–H groups in total. The number of aryl methyl sites for hydroxylation is 3. The highest BCUT2D eigenvalue weighted by atomic mass is 35.5. The number of nitrogens with one attached hydrogen (secondary N) is 1. The molecule has 0 atom stereocenters. The van der Waals surface area contributed by atoms with E-state index in [1.54, 1.807) is 40.2 Å². The fraction of sp³-hybridized carbons (Fsp3) is 0.240. The minimum Gasteiger partial charge on any atom is -0.325 e. The Bertz CT molecular complexity index is 1390. The van der Waals surface area contributed by atoms with Crippen molar-refractivity contribution in [3.8, 4) is 5.69 Å². The van der Waals surface area contributed by atoms with Crippen molar-refractivity contribution in [2.75, 3.05) is 11.1 Å². The van der Waals surface area contributed by atoms with E-state index in [2.05, 4.69) is 12.2 Å². The fourth-order valence-electron chi connectivity index (χ4n) is 3.66. The largest absolute Gasteiger partial charge is 0.325 e. The van der Waals surface area contributed by atoms with E-state index in [0.29, 0.717) is 21.3 Å². The molecule has 33 heavy (non-hydrogen) atoms. The number of aromatic nitrogens is 2. The number of hydrogen-bond donors (Lipinski definition) is 1. The van der Waals surface area contributed by atoms with Crippen LogP contribution >= 0.6 is 34.7 Å². The molecular formula is C25H24ClN3O2S2. The van der Waals surface area contributed by atoms with Gasteiger partial charge in [0.1, 0.15) is 4.83 Å². The number of halogens is 1. The highest BCUT2D eigenvalue weighted by Crippen LogP contribution is 2.31. The minimum atomic E-state index is -0.193. The van der Waals surface area contributed by atoms with Crippen LogP contribution in [0.4, 0.5) is 5.69 Å². The normalized spacial score (nSPS) is 11.2. The van der Waals surface area contributed by atoms with E-state index in [9.17, 15) is 9.59 Å². The summed E-state index contributed by atoms with van der Waals surface area (Å²) in [5.41, 5.74) is 3.33. The van der Waals surface area contributed by atoms with E-state index in [0.717, 1.165) is 34.5 Å². The Morgan fingerprint density at radius 1 is 1.18 bits per heavy atom. The molecule has 4 aromatic rings. The number of anilines is 1. The number of thioether (sulfide) groups is 1. The smallest absolute Gasteiger partial charge is 0.267 e. The number of hydrogen-bond acceptors (Lipinski definition) is 5. The summed E-state index contributed by atoms with van der Waals surface area (Å²) in [4.78, 5) is 33.0. The molecule has 0 aliphatic rings. The third kappa shape index (κ3) is 5.16. The topological polar surface area (TPSA) is 64.0 Å². The molecule has 0 radical (unpaired) electrons. The van der Waals surface area contributed by atoms with Gasteiger partial charge in [0, 0.05) is 15.6 Å². The van der Waals surface area contributed by atoms with E-state index in [-0.39, 0.29) is 17.2 Å². The van der Waals surface area contributed by atoms with Gasteiger partial charge in [0.05, 0.1) is 16.8 Å². The zero-order chi connectivity index (χ0) is 23.5. The van der Waals surface area contributed by atoms with Gasteiger partial charge in [0.15, 0.2) is 5.16 Å². The second kappa shape index (κ2) is 10.1. The lowest BCUT2D eigenvalue weighted by atomic mass is 10.1. The highest BCUT2D eigenvalue weighted by molar-refractivity contribution is 7.99. The first-order chi connectivity index (χ1) is 15.9. The Hall–Kier alpha value is -2.61. The van der Waals surface area contributed by atoms with Crippen molar-refractivity contribution < 1.29 is 4.79 Å².